The zero-order valence-electron chi connectivity index (χ0n) is 12.1. The van der Waals surface area contributed by atoms with Crippen LogP contribution in [0.4, 0.5) is 0 Å². The number of nitrogens with zero attached hydrogens (tertiary/aromatic N) is 1. The molecule has 0 saturated carbocycles. The maximum absolute atomic E-state index is 12.7. The van der Waals surface area contributed by atoms with E-state index in [9.17, 15) is 4.79 Å². The van der Waals surface area contributed by atoms with Crippen LogP contribution in [0.2, 0.25) is 0 Å². The van der Waals surface area contributed by atoms with Crippen molar-refractivity contribution in [1.82, 2.24) is 10.2 Å². The predicted octanol–water partition coefficient (Wildman–Crippen LogP) is 2.56. The molecule has 0 aliphatic carbocycles. The number of carbonyl (C=O) groups excluding carboxylic acids is 1. The second kappa shape index (κ2) is 5.38. The van der Waals surface area contributed by atoms with Gasteiger partial charge in [-0.05, 0) is 46.1 Å². The molecule has 1 amide bonds. The first kappa shape index (κ1) is 14.5. The monoisotopic (exact) mass is 240 g/mol. The molecular formula is C14H28N2O. The fourth-order valence-corrected chi connectivity index (χ4v) is 2.57. The summed E-state index contributed by atoms with van der Waals surface area (Å²) in [6.07, 6.45) is 5.10. The number of amides is 1. The third-order valence-electron chi connectivity index (χ3n) is 4.41. The van der Waals surface area contributed by atoms with E-state index in [2.05, 4.69) is 33.0 Å². The highest BCUT2D eigenvalue weighted by atomic mass is 16.2. The molecule has 0 aromatic rings. The topological polar surface area (TPSA) is 32.3 Å². The van der Waals surface area contributed by atoms with Crippen LogP contribution in [0.15, 0.2) is 0 Å². The van der Waals surface area contributed by atoms with E-state index >= 15 is 0 Å². The number of nitrogens with one attached hydrogen (secondary N) is 1. The van der Waals surface area contributed by atoms with Crippen LogP contribution in [-0.2, 0) is 4.79 Å². The molecule has 1 rings (SSSR count). The number of rotatable bonds is 5. The lowest BCUT2D eigenvalue weighted by atomic mass is 9.88. The van der Waals surface area contributed by atoms with E-state index in [1.54, 1.807) is 0 Å². The first-order valence-corrected chi connectivity index (χ1v) is 6.93. The largest absolute Gasteiger partial charge is 0.339 e. The van der Waals surface area contributed by atoms with Crippen LogP contribution >= 0.6 is 0 Å². The normalized spacial score (nSPS) is 25.0. The van der Waals surface area contributed by atoms with Crippen molar-refractivity contribution in [2.75, 3.05) is 13.6 Å². The quantitative estimate of drug-likeness (QED) is 0.801. The highest BCUT2D eigenvalue weighted by Gasteiger charge is 2.44. The Bertz CT molecular complexity index is 267. The van der Waals surface area contributed by atoms with E-state index in [4.69, 9.17) is 0 Å². The Morgan fingerprint density at radius 3 is 2.47 bits per heavy atom. The van der Waals surface area contributed by atoms with Crippen molar-refractivity contribution in [3.05, 3.63) is 0 Å². The standard InChI is InChI=1S/C14H28N2O/c1-6-9-14(10-8-11-15-14)12(17)16(5)13(3,4)7-2/h15H,6-11H2,1-5H3. The van der Waals surface area contributed by atoms with Crippen molar-refractivity contribution in [3.8, 4) is 0 Å². The Labute approximate surface area is 106 Å². The predicted molar refractivity (Wildman–Crippen MR) is 72.0 cm³/mol. The van der Waals surface area contributed by atoms with Gasteiger partial charge in [0.2, 0.25) is 5.91 Å². The third kappa shape index (κ3) is 2.82. The van der Waals surface area contributed by atoms with Gasteiger partial charge in [-0.2, -0.15) is 0 Å². The minimum Gasteiger partial charge on any atom is -0.339 e. The van der Waals surface area contributed by atoms with Gasteiger partial charge in [0, 0.05) is 12.6 Å². The highest BCUT2D eigenvalue weighted by molar-refractivity contribution is 5.87. The van der Waals surface area contributed by atoms with E-state index in [0.29, 0.717) is 0 Å². The fraction of sp³-hybridized carbons (Fsp3) is 0.929. The van der Waals surface area contributed by atoms with Crippen LogP contribution in [0.1, 0.15) is 59.8 Å². The number of likely N-dealkylation sites (N-methyl/N-ethyl adjacent to an activating group) is 1. The average molecular weight is 240 g/mol. The minimum atomic E-state index is -0.282. The molecule has 0 aromatic heterocycles. The third-order valence-corrected chi connectivity index (χ3v) is 4.41. The molecule has 1 aliphatic heterocycles. The zero-order chi connectivity index (χ0) is 13.1. The van der Waals surface area contributed by atoms with Crippen LogP contribution in [0.25, 0.3) is 0 Å². The second-order valence-corrected chi connectivity index (χ2v) is 5.89. The summed E-state index contributed by atoms with van der Waals surface area (Å²) >= 11 is 0. The second-order valence-electron chi connectivity index (χ2n) is 5.89. The summed E-state index contributed by atoms with van der Waals surface area (Å²) in [5, 5.41) is 3.46. The van der Waals surface area contributed by atoms with E-state index in [-0.39, 0.29) is 17.0 Å². The maximum Gasteiger partial charge on any atom is 0.243 e. The Balaban J connectivity index is 2.85. The number of hydrogen-bond acceptors (Lipinski definition) is 2. The first-order valence-electron chi connectivity index (χ1n) is 6.93. The molecule has 1 unspecified atom stereocenters. The number of carbonyl (C=O) groups is 1. The van der Waals surface area contributed by atoms with E-state index in [1.165, 1.54) is 0 Å². The van der Waals surface area contributed by atoms with Crippen molar-refractivity contribution in [1.29, 1.82) is 0 Å². The molecule has 0 radical (unpaired) electrons. The zero-order valence-corrected chi connectivity index (χ0v) is 12.1. The van der Waals surface area contributed by atoms with Crippen molar-refractivity contribution in [3.63, 3.8) is 0 Å². The highest BCUT2D eigenvalue weighted by Crippen LogP contribution is 2.30. The van der Waals surface area contributed by atoms with Crippen molar-refractivity contribution in [2.45, 2.75) is 70.9 Å². The van der Waals surface area contributed by atoms with Crippen LogP contribution in [0.3, 0.4) is 0 Å². The van der Waals surface area contributed by atoms with Gasteiger partial charge < -0.3 is 10.2 Å². The molecule has 0 bridgehead atoms. The summed E-state index contributed by atoms with van der Waals surface area (Å²) in [6, 6.07) is 0. The molecule has 17 heavy (non-hydrogen) atoms. The van der Waals surface area contributed by atoms with Gasteiger partial charge in [-0.1, -0.05) is 20.3 Å². The SMILES string of the molecule is CCCC1(C(=O)N(C)C(C)(C)CC)CCCN1. The van der Waals surface area contributed by atoms with E-state index in [0.717, 1.165) is 38.6 Å². The average Bonchev–Trinajstić information content (AvgIpc) is 2.77. The van der Waals surface area contributed by atoms with Crippen LogP contribution in [-0.4, -0.2) is 35.5 Å². The molecule has 3 nitrogen and oxygen atoms in total. The Morgan fingerprint density at radius 2 is 2.06 bits per heavy atom. The summed E-state index contributed by atoms with van der Waals surface area (Å²) in [4.78, 5) is 14.7. The maximum atomic E-state index is 12.7. The molecule has 1 saturated heterocycles. The first-order chi connectivity index (χ1) is 7.89. The van der Waals surface area contributed by atoms with Crippen LogP contribution < -0.4 is 5.32 Å². The Kier molecular flexibility index (Phi) is 4.59. The lowest BCUT2D eigenvalue weighted by Crippen LogP contribution is -2.58. The van der Waals surface area contributed by atoms with Gasteiger partial charge in [-0.15, -0.1) is 0 Å². The molecule has 1 atom stereocenters. The number of hydrogen-bond donors (Lipinski definition) is 1. The van der Waals surface area contributed by atoms with Gasteiger partial charge in [-0.25, -0.2) is 0 Å². The molecule has 1 fully saturated rings. The summed E-state index contributed by atoms with van der Waals surface area (Å²) in [5.74, 6) is 0.281. The van der Waals surface area contributed by atoms with Crippen molar-refractivity contribution in [2.24, 2.45) is 0 Å². The molecule has 3 heteroatoms. The smallest absolute Gasteiger partial charge is 0.243 e. The minimum absolute atomic E-state index is 0.0535. The van der Waals surface area contributed by atoms with Gasteiger partial charge in [0.1, 0.15) is 0 Å². The van der Waals surface area contributed by atoms with Gasteiger partial charge in [-0.3, -0.25) is 4.79 Å². The van der Waals surface area contributed by atoms with E-state index in [1.807, 2.05) is 11.9 Å². The molecule has 0 aromatic carbocycles. The fourth-order valence-electron chi connectivity index (χ4n) is 2.57. The van der Waals surface area contributed by atoms with Gasteiger partial charge in [0.25, 0.3) is 0 Å². The summed E-state index contributed by atoms with van der Waals surface area (Å²) in [7, 11) is 1.95. The van der Waals surface area contributed by atoms with Gasteiger partial charge in [0.05, 0.1) is 5.54 Å². The van der Waals surface area contributed by atoms with Gasteiger partial charge in [0.15, 0.2) is 0 Å². The summed E-state index contributed by atoms with van der Waals surface area (Å²) < 4.78 is 0. The summed E-state index contributed by atoms with van der Waals surface area (Å²) in [5.41, 5.74) is -0.335. The van der Waals surface area contributed by atoms with Crippen molar-refractivity contribution >= 4 is 5.91 Å². The molecule has 1 N–H and O–H groups in total. The molecule has 1 heterocycles. The molecule has 0 spiro atoms. The van der Waals surface area contributed by atoms with Crippen molar-refractivity contribution < 1.29 is 4.79 Å². The lowest BCUT2D eigenvalue weighted by Gasteiger charge is -2.41. The molecular weight excluding hydrogens is 212 g/mol. The Hall–Kier alpha value is -0.570. The van der Waals surface area contributed by atoms with Crippen LogP contribution in [0, 0.1) is 0 Å². The van der Waals surface area contributed by atoms with Gasteiger partial charge >= 0.3 is 0 Å². The lowest BCUT2D eigenvalue weighted by molar-refractivity contribution is -0.142. The molecule has 1 aliphatic rings. The Morgan fingerprint density at radius 1 is 1.41 bits per heavy atom. The summed E-state index contributed by atoms with van der Waals surface area (Å²) in [6.45, 7) is 9.55. The van der Waals surface area contributed by atoms with E-state index < -0.39 is 0 Å². The molecule has 100 valence electrons. The van der Waals surface area contributed by atoms with Crippen LogP contribution in [0.5, 0.6) is 0 Å².